The van der Waals surface area contributed by atoms with Crippen LogP contribution in [-0.2, 0) is 0 Å². The lowest BCUT2D eigenvalue weighted by Crippen LogP contribution is -2.43. The molecule has 2 N–H and O–H groups in total. The maximum absolute atomic E-state index is 12.6. The Hall–Kier alpha value is -1.65. The fourth-order valence-electron chi connectivity index (χ4n) is 3.32. The highest BCUT2D eigenvalue weighted by atomic mass is 16.3. The van der Waals surface area contributed by atoms with Gasteiger partial charge in [0, 0.05) is 35.3 Å². The van der Waals surface area contributed by atoms with Gasteiger partial charge in [-0.25, -0.2) is 0 Å². The van der Waals surface area contributed by atoms with Gasteiger partial charge in [-0.15, -0.1) is 0 Å². The summed E-state index contributed by atoms with van der Waals surface area (Å²) in [5, 5.41) is 10.2. The Kier molecular flexibility index (Phi) is 4.36. The predicted octanol–water partition coefficient (Wildman–Crippen LogP) is 2.59. The maximum atomic E-state index is 12.6. The molecule has 112 valence electrons. The normalized spacial score (nSPS) is 20.0. The maximum Gasteiger partial charge on any atom is 0.178 e. The number of aromatic amines is 1. The Balaban J connectivity index is 1.76. The first-order valence-corrected chi connectivity index (χ1v) is 7.74. The van der Waals surface area contributed by atoms with Crippen molar-refractivity contribution >= 4 is 16.7 Å². The third-order valence-electron chi connectivity index (χ3n) is 4.45. The van der Waals surface area contributed by atoms with Crippen LogP contribution in [0.25, 0.3) is 10.9 Å². The molecule has 1 unspecified atom stereocenters. The molecule has 1 aliphatic rings. The molecule has 1 aromatic heterocycles. The van der Waals surface area contributed by atoms with E-state index in [0.29, 0.717) is 12.6 Å². The Bertz CT molecular complexity index is 618. The molecule has 2 heterocycles. The molecule has 21 heavy (non-hydrogen) atoms. The van der Waals surface area contributed by atoms with Crippen molar-refractivity contribution in [3.63, 3.8) is 0 Å². The highest BCUT2D eigenvalue weighted by Gasteiger charge is 2.24. The number of piperidine rings is 1. The zero-order chi connectivity index (χ0) is 14.7. The molecule has 1 saturated heterocycles. The van der Waals surface area contributed by atoms with Crippen molar-refractivity contribution in [2.75, 3.05) is 19.7 Å². The molecule has 0 spiro atoms. The van der Waals surface area contributed by atoms with Gasteiger partial charge in [-0.2, -0.15) is 0 Å². The summed E-state index contributed by atoms with van der Waals surface area (Å²) in [6.07, 6.45) is 6.01. The number of aromatic nitrogens is 1. The van der Waals surface area contributed by atoms with Crippen LogP contribution in [0.15, 0.2) is 30.5 Å². The van der Waals surface area contributed by atoms with Crippen molar-refractivity contribution in [2.24, 2.45) is 0 Å². The number of nitrogens with one attached hydrogen (secondary N) is 1. The summed E-state index contributed by atoms with van der Waals surface area (Å²) in [5.74, 6) is 0.164. The monoisotopic (exact) mass is 286 g/mol. The lowest BCUT2D eigenvalue weighted by molar-refractivity contribution is 0.0800. The third-order valence-corrected chi connectivity index (χ3v) is 4.45. The summed E-state index contributed by atoms with van der Waals surface area (Å²) in [6.45, 7) is 1.60. The SMILES string of the molecule is O=C(CN1CCCCC1CCO)c1c[nH]c2ccccc12. The van der Waals surface area contributed by atoms with Crippen molar-refractivity contribution in [3.8, 4) is 0 Å². The number of para-hydroxylation sites is 1. The number of benzene rings is 1. The van der Waals surface area contributed by atoms with Crippen LogP contribution in [0.2, 0.25) is 0 Å². The standard InChI is InChI=1S/C17H22N2O2/c20-10-8-13-5-3-4-9-19(13)12-17(21)15-11-18-16-7-2-1-6-14(15)16/h1-2,6-7,11,13,18,20H,3-5,8-10,12H2. The summed E-state index contributed by atoms with van der Waals surface area (Å²) in [5.41, 5.74) is 1.78. The number of carbonyl (C=O) groups excluding carboxylic acids is 1. The van der Waals surface area contributed by atoms with E-state index >= 15 is 0 Å². The van der Waals surface area contributed by atoms with E-state index in [-0.39, 0.29) is 12.4 Å². The molecule has 1 aromatic carbocycles. The number of aliphatic hydroxyl groups is 1. The molecule has 1 aliphatic heterocycles. The second-order valence-electron chi connectivity index (χ2n) is 5.80. The number of aliphatic hydroxyl groups excluding tert-OH is 1. The Morgan fingerprint density at radius 3 is 3.05 bits per heavy atom. The van der Waals surface area contributed by atoms with E-state index in [1.807, 2.05) is 30.5 Å². The van der Waals surface area contributed by atoms with Gasteiger partial charge in [0.25, 0.3) is 0 Å². The van der Waals surface area contributed by atoms with Gasteiger partial charge >= 0.3 is 0 Å². The van der Waals surface area contributed by atoms with E-state index in [4.69, 9.17) is 0 Å². The van der Waals surface area contributed by atoms with Crippen LogP contribution in [-0.4, -0.2) is 46.5 Å². The molecule has 1 fully saturated rings. The largest absolute Gasteiger partial charge is 0.396 e. The molecule has 0 radical (unpaired) electrons. The van der Waals surface area contributed by atoms with Gasteiger partial charge in [-0.1, -0.05) is 24.6 Å². The fourth-order valence-corrected chi connectivity index (χ4v) is 3.32. The Morgan fingerprint density at radius 1 is 1.33 bits per heavy atom. The molecule has 0 amide bonds. The molecule has 4 heteroatoms. The number of hydrogen-bond donors (Lipinski definition) is 2. The quantitative estimate of drug-likeness (QED) is 0.831. The highest BCUT2D eigenvalue weighted by Crippen LogP contribution is 2.22. The van der Waals surface area contributed by atoms with E-state index in [1.165, 1.54) is 6.42 Å². The fraction of sp³-hybridized carbons (Fsp3) is 0.471. The molecular formula is C17H22N2O2. The number of carbonyl (C=O) groups is 1. The topological polar surface area (TPSA) is 56.3 Å². The molecule has 2 aromatic rings. The van der Waals surface area contributed by atoms with Gasteiger partial charge in [-0.05, 0) is 31.9 Å². The van der Waals surface area contributed by atoms with Gasteiger partial charge < -0.3 is 10.1 Å². The lowest BCUT2D eigenvalue weighted by atomic mass is 9.98. The number of Topliss-reactive ketones (excluding diaryl/α,β-unsaturated/α-hetero) is 1. The Labute approximate surface area is 124 Å². The molecule has 4 nitrogen and oxygen atoms in total. The van der Waals surface area contributed by atoms with E-state index in [0.717, 1.165) is 42.3 Å². The van der Waals surface area contributed by atoms with Crippen LogP contribution in [0, 0.1) is 0 Å². The smallest absolute Gasteiger partial charge is 0.178 e. The van der Waals surface area contributed by atoms with Crippen LogP contribution in [0.4, 0.5) is 0 Å². The summed E-state index contributed by atoms with van der Waals surface area (Å²) >= 11 is 0. The molecule has 1 atom stereocenters. The second-order valence-corrected chi connectivity index (χ2v) is 5.80. The summed E-state index contributed by atoms with van der Waals surface area (Å²) in [7, 11) is 0. The number of rotatable bonds is 5. The van der Waals surface area contributed by atoms with Crippen molar-refractivity contribution in [1.82, 2.24) is 9.88 Å². The minimum absolute atomic E-state index is 0.164. The lowest BCUT2D eigenvalue weighted by Gasteiger charge is -2.34. The van der Waals surface area contributed by atoms with E-state index in [2.05, 4.69) is 9.88 Å². The van der Waals surface area contributed by atoms with Crippen molar-refractivity contribution in [1.29, 1.82) is 0 Å². The van der Waals surface area contributed by atoms with Gasteiger partial charge in [0.1, 0.15) is 0 Å². The third kappa shape index (κ3) is 3.01. The minimum atomic E-state index is 0.164. The number of ketones is 1. The van der Waals surface area contributed by atoms with Crippen LogP contribution in [0.1, 0.15) is 36.0 Å². The minimum Gasteiger partial charge on any atom is -0.396 e. The van der Waals surface area contributed by atoms with E-state index < -0.39 is 0 Å². The van der Waals surface area contributed by atoms with E-state index in [1.54, 1.807) is 0 Å². The second kappa shape index (κ2) is 6.41. The molecular weight excluding hydrogens is 264 g/mol. The van der Waals surface area contributed by atoms with Crippen LogP contribution in [0.5, 0.6) is 0 Å². The van der Waals surface area contributed by atoms with Crippen molar-refractivity contribution in [3.05, 3.63) is 36.0 Å². The van der Waals surface area contributed by atoms with E-state index in [9.17, 15) is 9.90 Å². The van der Waals surface area contributed by atoms with Crippen LogP contribution < -0.4 is 0 Å². The predicted molar refractivity (Wildman–Crippen MR) is 83.5 cm³/mol. The van der Waals surface area contributed by atoms with Crippen LogP contribution >= 0.6 is 0 Å². The average Bonchev–Trinajstić information content (AvgIpc) is 2.93. The zero-order valence-corrected chi connectivity index (χ0v) is 12.2. The van der Waals surface area contributed by atoms with Crippen molar-refractivity contribution in [2.45, 2.75) is 31.7 Å². The number of nitrogens with zero attached hydrogens (tertiary/aromatic N) is 1. The number of likely N-dealkylation sites (tertiary alicyclic amines) is 1. The van der Waals surface area contributed by atoms with Crippen molar-refractivity contribution < 1.29 is 9.90 Å². The number of H-pyrrole nitrogens is 1. The van der Waals surface area contributed by atoms with Gasteiger partial charge in [0.05, 0.1) is 6.54 Å². The summed E-state index contributed by atoms with van der Waals surface area (Å²) in [6, 6.07) is 8.25. The first-order valence-electron chi connectivity index (χ1n) is 7.74. The van der Waals surface area contributed by atoms with Crippen LogP contribution in [0.3, 0.4) is 0 Å². The molecule has 0 bridgehead atoms. The zero-order valence-electron chi connectivity index (χ0n) is 12.2. The Morgan fingerprint density at radius 2 is 2.19 bits per heavy atom. The number of fused-ring (bicyclic) bond motifs is 1. The molecule has 3 rings (SSSR count). The summed E-state index contributed by atoms with van der Waals surface area (Å²) < 4.78 is 0. The molecule has 0 aliphatic carbocycles. The highest BCUT2D eigenvalue weighted by molar-refractivity contribution is 6.08. The first kappa shape index (κ1) is 14.3. The van der Waals surface area contributed by atoms with Gasteiger partial charge in [-0.3, -0.25) is 9.69 Å². The van der Waals surface area contributed by atoms with Gasteiger partial charge in [0.2, 0.25) is 0 Å². The molecule has 0 saturated carbocycles. The number of hydrogen-bond acceptors (Lipinski definition) is 3. The first-order chi connectivity index (χ1) is 10.3. The summed E-state index contributed by atoms with van der Waals surface area (Å²) in [4.78, 5) is 18.0. The van der Waals surface area contributed by atoms with Gasteiger partial charge in [0.15, 0.2) is 5.78 Å². The average molecular weight is 286 g/mol.